The van der Waals surface area contributed by atoms with Crippen LogP contribution in [0.15, 0.2) is 34.1 Å². The average molecular weight is 302 g/mol. The Morgan fingerprint density at radius 2 is 1.89 bits per heavy atom. The highest BCUT2D eigenvalue weighted by Crippen LogP contribution is 2.21. The van der Waals surface area contributed by atoms with E-state index in [1.807, 2.05) is 0 Å². The Kier molecular flexibility index (Phi) is 6.33. The van der Waals surface area contributed by atoms with Gasteiger partial charge in [0.15, 0.2) is 9.84 Å². The van der Waals surface area contributed by atoms with Crippen LogP contribution >= 0.6 is 11.8 Å². The number of hydrazine groups is 1. The normalized spacial score (nSPS) is 11.3. The van der Waals surface area contributed by atoms with E-state index in [0.717, 1.165) is 23.5 Å². The highest BCUT2D eigenvalue weighted by Gasteiger charge is 2.06. The zero-order chi connectivity index (χ0) is 14.3. The lowest BCUT2D eigenvalue weighted by atomic mass is 10.2. The smallest absolute Gasteiger partial charge is 0.233 e. The second-order valence-electron chi connectivity index (χ2n) is 4.12. The van der Waals surface area contributed by atoms with E-state index in [9.17, 15) is 13.2 Å². The summed E-state index contributed by atoms with van der Waals surface area (Å²) in [5.74, 6) is 5.71. The van der Waals surface area contributed by atoms with Crippen molar-refractivity contribution >= 4 is 27.5 Å². The number of unbranched alkanes of at least 4 members (excludes halogenated alkanes) is 1. The molecule has 0 aliphatic heterocycles. The molecule has 0 heterocycles. The first-order chi connectivity index (χ1) is 8.93. The van der Waals surface area contributed by atoms with Gasteiger partial charge in [-0.3, -0.25) is 10.2 Å². The van der Waals surface area contributed by atoms with Crippen LogP contribution in [0.3, 0.4) is 0 Å². The molecule has 5 nitrogen and oxygen atoms in total. The second kappa shape index (κ2) is 7.52. The van der Waals surface area contributed by atoms with E-state index in [2.05, 4.69) is 5.43 Å². The third kappa shape index (κ3) is 6.09. The summed E-state index contributed by atoms with van der Waals surface area (Å²) in [5.41, 5.74) is 2.09. The Morgan fingerprint density at radius 3 is 2.42 bits per heavy atom. The van der Waals surface area contributed by atoms with Crippen molar-refractivity contribution in [1.82, 2.24) is 5.43 Å². The van der Waals surface area contributed by atoms with Crippen molar-refractivity contribution in [2.75, 3.05) is 12.0 Å². The van der Waals surface area contributed by atoms with E-state index >= 15 is 0 Å². The van der Waals surface area contributed by atoms with Crippen molar-refractivity contribution in [3.05, 3.63) is 24.3 Å². The number of hydrogen-bond acceptors (Lipinski definition) is 5. The van der Waals surface area contributed by atoms with Gasteiger partial charge in [-0.15, -0.1) is 11.8 Å². The molecule has 0 atom stereocenters. The van der Waals surface area contributed by atoms with Crippen molar-refractivity contribution in [1.29, 1.82) is 0 Å². The minimum atomic E-state index is -3.13. The fraction of sp³-hybridized carbons (Fsp3) is 0.417. The summed E-state index contributed by atoms with van der Waals surface area (Å²) in [4.78, 5) is 12.2. The minimum Gasteiger partial charge on any atom is -0.294 e. The van der Waals surface area contributed by atoms with Crippen LogP contribution in [0.25, 0.3) is 0 Å². The van der Waals surface area contributed by atoms with E-state index in [1.165, 1.54) is 6.26 Å². The maximum absolute atomic E-state index is 11.3. The molecule has 0 spiro atoms. The van der Waals surface area contributed by atoms with Gasteiger partial charge in [-0.2, -0.15) is 0 Å². The number of nitrogens with two attached hydrogens (primary N) is 1. The first-order valence-electron chi connectivity index (χ1n) is 5.86. The third-order valence-electron chi connectivity index (χ3n) is 2.48. The molecular formula is C12H18N2O3S2. The van der Waals surface area contributed by atoms with Crippen LogP contribution in [0.2, 0.25) is 0 Å². The zero-order valence-electron chi connectivity index (χ0n) is 10.8. The topological polar surface area (TPSA) is 89.3 Å². The van der Waals surface area contributed by atoms with Crippen molar-refractivity contribution < 1.29 is 13.2 Å². The lowest BCUT2D eigenvalue weighted by Crippen LogP contribution is -2.29. The van der Waals surface area contributed by atoms with Gasteiger partial charge in [0, 0.05) is 17.6 Å². The molecule has 0 fully saturated rings. The van der Waals surface area contributed by atoms with Crippen LogP contribution in [0, 0.1) is 0 Å². The molecule has 7 heteroatoms. The number of sulfone groups is 1. The van der Waals surface area contributed by atoms with E-state index in [-0.39, 0.29) is 5.91 Å². The average Bonchev–Trinajstić information content (AvgIpc) is 2.37. The Balaban J connectivity index is 2.33. The summed E-state index contributed by atoms with van der Waals surface area (Å²) in [7, 11) is -3.13. The first kappa shape index (κ1) is 16.0. The number of rotatable bonds is 7. The number of amides is 1. The van der Waals surface area contributed by atoms with Crippen molar-refractivity contribution in [2.45, 2.75) is 29.1 Å². The van der Waals surface area contributed by atoms with Gasteiger partial charge in [-0.1, -0.05) is 0 Å². The number of carbonyl (C=O) groups excluding carboxylic acids is 1. The van der Waals surface area contributed by atoms with E-state index in [0.29, 0.717) is 11.3 Å². The van der Waals surface area contributed by atoms with Gasteiger partial charge in [0.2, 0.25) is 5.91 Å². The van der Waals surface area contributed by atoms with Gasteiger partial charge in [0.25, 0.3) is 0 Å². The van der Waals surface area contributed by atoms with Gasteiger partial charge in [-0.05, 0) is 42.9 Å². The Hall–Kier alpha value is -1.05. The standard InChI is InChI=1S/C12H18N2O3S2/c1-19(16,17)11-7-5-10(6-8-11)18-9-3-2-4-12(15)14-13/h5-8H,2-4,9,13H2,1H3,(H,14,15). The Bertz CT molecular complexity index is 512. The van der Waals surface area contributed by atoms with E-state index < -0.39 is 9.84 Å². The summed E-state index contributed by atoms with van der Waals surface area (Å²) < 4.78 is 22.6. The number of nitrogens with one attached hydrogen (secondary N) is 1. The molecule has 0 radical (unpaired) electrons. The summed E-state index contributed by atoms with van der Waals surface area (Å²) in [6.07, 6.45) is 3.32. The van der Waals surface area contributed by atoms with Gasteiger partial charge >= 0.3 is 0 Å². The number of hydrogen-bond donors (Lipinski definition) is 2. The van der Waals surface area contributed by atoms with Gasteiger partial charge < -0.3 is 0 Å². The van der Waals surface area contributed by atoms with Crippen molar-refractivity contribution in [3.63, 3.8) is 0 Å². The summed E-state index contributed by atoms with van der Waals surface area (Å²) in [6.45, 7) is 0. The quantitative estimate of drug-likeness (QED) is 0.261. The molecule has 0 bridgehead atoms. The lowest BCUT2D eigenvalue weighted by molar-refractivity contribution is -0.121. The van der Waals surface area contributed by atoms with Gasteiger partial charge in [0.05, 0.1) is 4.90 Å². The Morgan fingerprint density at radius 1 is 1.26 bits per heavy atom. The van der Waals surface area contributed by atoms with Crippen molar-refractivity contribution in [2.24, 2.45) is 5.84 Å². The van der Waals surface area contributed by atoms with Crippen molar-refractivity contribution in [3.8, 4) is 0 Å². The molecule has 3 N–H and O–H groups in total. The molecule has 0 aromatic heterocycles. The lowest BCUT2D eigenvalue weighted by Gasteiger charge is -2.03. The predicted molar refractivity (Wildman–Crippen MR) is 76.5 cm³/mol. The monoisotopic (exact) mass is 302 g/mol. The third-order valence-corrected chi connectivity index (χ3v) is 4.71. The van der Waals surface area contributed by atoms with Crippen LogP contribution in [-0.4, -0.2) is 26.3 Å². The fourth-order valence-corrected chi connectivity index (χ4v) is 2.98. The molecule has 1 aromatic carbocycles. The largest absolute Gasteiger partial charge is 0.294 e. The summed E-state index contributed by atoms with van der Waals surface area (Å²) in [6, 6.07) is 6.82. The van der Waals surface area contributed by atoms with Crippen LogP contribution in [0.1, 0.15) is 19.3 Å². The minimum absolute atomic E-state index is 0.150. The molecule has 0 unspecified atom stereocenters. The molecule has 0 saturated heterocycles. The van der Waals surface area contributed by atoms with Crippen LogP contribution < -0.4 is 11.3 Å². The van der Waals surface area contributed by atoms with E-state index in [4.69, 9.17) is 5.84 Å². The van der Waals surface area contributed by atoms with Crippen LogP contribution in [0.5, 0.6) is 0 Å². The SMILES string of the molecule is CS(=O)(=O)c1ccc(SCCCCC(=O)NN)cc1. The molecule has 1 amide bonds. The van der Waals surface area contributed by atoms with E-state index in [1.54, 1.807) is 36.0 Å². The molecule has 1 rings (SSSR count). The molecule has 0 aliphatic carbocycles. The van der Waals surface area contributed by atoms with Gasteiger partial charge in [-0.25, -0.2) is 14.3 Å². The predicted octanol–water partition coefficient (Wildman–Crippen LogP) is 1.34. The highest BCUT2D eigenvalue weighted by atomic mass is 32.2. The van der Waals surface area contributed by atoms with Crippen LogP contribution in [-0.2, 0) is 14.6 Å². The molecule has 1 aromatic rings. The fourth-order valence-electron chi connectivity index (χ4n) is 1.43. The number of carbonyl (C=O) groups is 1. The molecule has 106 valence electrons. The molecule has 19 heavy (non-hydrogen) atoms. The maximum Gasteiger partial charge on any atom is 0.233 e. The molecular weight excluding hydrogens is 284 g/mol. The highest BCUT2D eigenvalue weighted by molar-refractivity contribution is 7.99. The Labute approximate surface area is 117 Å². The van der Waals surface area contributed by atoms with Gasteiger partial charge in [0.1, 0.15) is 0 Å². The zero-order valence-corrected chi connectivity index (χ0v) is 12.4. The number of benzene rings is 1. The molecule has 0 aliphatic rings. The summed E-state index contributed by atoms with van der Waals surface area (Å²) in [5, 5.41) is 0. The van der Waals surface area contributed by atoms with Crippen LogP contribution in [0.4, 0.5) is 0 Å². The summed E-state index contributed by atoms with van der Waals surface area (Å²) >= 11 is 1.64. The number of thioether (sulfide) groups is 1. The second-order valence-corrected chi connectivity index (χ2v) is 7.30. The molecule has 0 saturated carbocycles. The maximum atomic E-state index is 11.3. The first-order valence-corrected chi connectivity index (χ1v) is 8.73.